The number of nitrogens with one attached hydrogen (secondary N) is 1. The van der Waals surface area contributed by atoms with E-state index in [9.17, 15) is 5.11 Å². The second-order valence-electron chi connectivity index (χ2n) is 4.89. The lowest BCUT2D eigenvalue weighted by molar-refractivity contribution is 0.200. The van der Waals surface area contributed by atoms with E-state index in [-0.39, 0.29) is 6.04 Å². The first-order valence-electron chi connectivity index (χ1n) is 6.58. The molecule has 2 atom stereocenters. The number of aliphatic hydroxyl groups excluding tert-OH is 1. The molecule has 2 N–H and O–H groups in total. The van der Waals surface area contributed by atoms with Crippen LogP contribution in [0.15, 0.2) is 36.4 Å². The topological polar surface area (TPSA) is 32.3 Å². The van der Waals surface area contributed by atoms with Crippen molar-refractivity contribution in [1.82, 2.24) is 0 Å². The van der Waals surface area contributed by atoms with Gasteiger partial charge in [-0.1, -0.05) is 59.1 Å². The van der Waals surface area contributed by atoms with Crippen molar-refractivity contribution in [2.75, 3.05) is 5.32 Å². The summed E-state index contributed by atoms with van der Waals surface area (Å²) in [6, 6.07) is 11.1. The maximum Gasteiger partial charge on any atom is 0.0782 e. The molecule has 0 aliphatic heterocycles. The highest BCUT2D eigenvalue weighted by Gasteiger charge is 2.16. The van der Waals surface area contributed by atoms with E-state index in [1.165, 1.54) is 0 Å². The van der Waals surface area contributed by atoms with Gasteiger partial charge in [-0.15, -0.1) is 0 Å². The van der Waals surface area contributed by atoms with Crippen molar-refractivity contribution in [3.8, 4) is 0 Å². The van der Waals surface area contributed by atoms with E-state index < -0.39 is 6.10 Å². The van der Waals surface area contributed by atoms with Crippen LogP contribution in [-0.4, -0.2) is 5.11 Å². The summed E-state index contributed by atoms with van der Waals surface area (Å²) in [4.78, 5) is 0. The molecule has 0 amide bonds. The number of aliphatic hydroxyl groups is 1. The molecule has 0 bridgehead atoms. The maximum absolute atomic E-state index is 9.82. The fourth-order valence-electron chi connectivity index (χ4n) is 2.18. The minimum atomic E-state index is -0.551. The van der Waals surface area contributed by atoms with Gasteiger partial charge in [0, 0.05) is 11.3 Å². The highest BCUT2D eigenvalue weighted by atomic mass is 35.5. The summed E-state index contributed by atoms with van der Waals surface area (Å²) in [5.74, 6) is 0. The summed E-state index contributed by atoms with van der Waals surface area (Å²) < 4.78 is 0. The molecule has 2 rings (SSSR count). The van der Waals surface area contributed by atoms with Gasteiger partial charge in [0.25, 0.3) is 0 Å². The fraction of sp³-hybridized carbons (Fsp3) is 0.250. The molecule has 2 unspecified atom stereocenters. The van der Waals surface area contributed by atoms with Crippen molar-refractivity contribution in [2.45, 2.75) is 26.0 Å². The molecule has 0 heterocycles. The zero-order chi connectivity index (χ0) is 15.6. The minimum absolute atomic E-state index is 0.0767. The van der Waals surface area contributed by atoms with Crippen molar-refractivity contribution < 1.29 is 5.11 Å². The van der Waals surface area contributed by atoms with Gasteiger partial charge in [0.05, 0.1) is 27.2 Å². The predicted molar refractivity (Wildman–Crippen MR) is 90.6 cm³/mol. The first-order valence-corrected chi connectivity index (χ1v) is 7.72. The molecular formula is C16H16Cl3NO. The zero-order valence-corrected chi connectivity index (χ0v) is 14.0. The predicted octanol–water partition coefficient (Wildman–Crippen LogP) is 5.87. The number of hydrogen-bond acceptors (Lipinski definition) is 2. The van der Waals surface area contributed by atoms with Crippen molar-refractivity contribution in [3.63, 3.8) is 0 Å². The Morgan fingerprint density at radius 3 is 2.24 bits per heavy atom. The van der Waals surface area contributed by atoms with Crippen LogP contribution in [0.4, 0.5) is 5.69 Å². The number of rotatable bonds is 4. The van der Waals surface area contributed by atoms with Gasteiger partial charge >= 0.3 is 0 Å². The lowest BCUT2D eigenvalue weighted by atomic mass is 10.0. The van der Waals surface area contributed by atoms with E-state index in [1.807, 2.05) is 37.3 Å². The molecule has 0 aliphatic carbocycles. The SMILES string of the molecule is CC(O)c1ccccc1NC(C)c1ccc(Cl)c(Cl)c1Cl. The molecule has 0 aromatic heterocycles. The summed E-state index contributed by atoms with van der Waals surface area (Å²) in [5, 5.41) is 14.4. The lowest BCUT2D eigenvalue weighted by Gasteiger charge is -2.21. The third-order valence-electron chi connectivity index (χ3n) is 3.31. The van der Waals surface area contributed by atoms with Crippen molar-refractivity contribution in [2.24, 2.45) is 0 Å². The van der Waals surface area contributed by atoms with Crippen LogP contribution < -0.4 is 5.32 Å². The van der Waals surface area contributed by atoms with Crippen molar-refractivity contribution in [3.05, 3.63) is 62.6 Å². The normalized spacial score (nSPS) is 13.8. The first kappa shape index (κ1) is 16.4. The quantitative estimate of drug-likeness (QED) is 0.679. The highest BCUT2D eigenvalue weighted by molar-refractivity contribution is 6.48. The summed E-state index contributed by atoms with van der Waals surface area (Å²) in [7, 11) is 0. The standard InChI is InChI=1S/C16H16Cl3NO/c1-9(11-7-8-13(17)16(19)15(11)18)20-14-6-4-3-5-12(14)10(2)21/h3-10,20-21H,1-2H3. The summed E-state index contributed by atoms with van der Waals surface area (Å²) in [6.07, 6.45) is -0.551. The van der Waals surface area contributed by atoms with Gasteiger partial charge in [0.2, 0.25) is 0 Å². The van der Waals surface area contributed by atoms with Gasteiger partial charge in [-0.3, -0.25) is 0 Å². The molecular weight excluding hydrogens is 329 g/mol. The van der Waals surface area contributed by atoms with Crippen LogP contribution in [0.1, 0.15) is 37.1 Å². The molecule has 0 saturated carbocycles. The van der Waals surface area contributed by atoms with Crippen LogP contribution in [0.3, 0.4) is 0 Å². The number of benzene rings is 2. The molecule has 21 heavy (non-hydrogen) atoms. The third kappa shape index (κ3) is 3.64. The van der Waals surface area contributed by atoms with Gasteiger partial charge in [-0.2, -0.15) is 0 Å². The first-order chi connectivity index (χ1) is 9.91. The molecule has 0 aliphatic rings. The second-order valence-corrected chi connectivity index (χ2v) is 6.06. The van der Waals surface area contributed by atoms with Crippen LogP contribution in [0.2, 0.25) is 15.1 Å². The van der Waals surface area contributed by atoms with Crippen LogP contribution >= 0.6 is 34.8 Å². The Kier molecular flexibility index (Phi) is 5.39. The zero-order valence-electron chi connectivity index (χ0n) is 11.7. The Labute approximate surface area is 139 Å². The Bertz CT molecular complexity index is 643. The Morgan fingerprint density at radius 1 is 0.905 bits per heavy atom. The third-order valence-corrected chi connectivity index (χ3v) is 4.62. The van der Waals surface area contributed by atoms with Gasteiger partial charge in [0.1, 0.15) is 0 Å². The fourth-order valence-corrected chi connectivity index (χ4v) is 2.89. The molecule has 0 fully saturated rings. The Balaban J connectivity index is 2.31. The second kappa shape index (κ2) is 6.89. The van der Waals surface area contributed by atoms with E-state index in [2.05, 4.69) is 5.32 Å². The van der Waals surface area contributed by atoms with Gasteiger partial charge < -0.3 is 10.4 Å². The van der Waals surface area contributed by atoms with Gasteiger partial charge in [-0.05, 0) is 31.5 Å². The molecule has 2 aromatic rings. The van der Waals surface area contributed by atoms with E-state index in [4.69, 9.17) is 34.8 Å². The van der Waals surface area contributed by atoms with Gasteiger partial charge in [0.15, 0.2) is 0 Å². The number of anilines is 1. The van der Waals surface area contributed by atoms with Crippen LogP contribution in [-0.2, 0) is 0 Å². The van der Waals surface area contributed by atoms with Crippen LogP contribution in [0.25, 0.3) is 0 Å². The summed E-state index contributed by atoms with van der Waals surface area (Å²) in [5.41, 5.74) is 2.55. The number of para-hydroxylation sites is 1. The van der Waals surface area contributed by atoms with E-state index in [0.717, 1.165) is 16.8 Å². The van der Waals surface area contributed by atoms with Crippen molar-refractivity contribution >= 4 is 40.5 Å². The molecule has 2 aromatic carbocycles. The Hall–Kier alpha value is -0.930. The molecule has 112 valence electrons. The van der Waals surface area contributed by atoms with Crippen LogP contribution in [0.5, 0.6) is 0 Å². The number of halogens is 3. The largest absolute Gasteiger partial charge is 0.389 e. The summed E-state index contributed by atoms with van der Waals surface area (Å²) >= 11 is 18.3. The van der Waals surface area contributed by atoms with Crippen molar-refractivity contribution in [1.29, 1.82) is 0 Å². The highest BCUT2D eigenvalue weighted by Crippen LogP contribution is 2.37. The average Bonchev–Trinajstić information content (AvgIpc) is 2.45. The van der Waals surface area contributed by atoms with E-state index in [0.29, 0.717) is 15.1 Å². The Morgan fingerprint density at radius 2 is 1.57 bits per heavy atom. The monoisotopic (exact) mass is 343 g/mol. The average molecular weight is 345 g/mol. The van der Waals surface area contributed by atoms with Crippen LogP contribution in [0, 0.1) is 0 Å². The molecule has 0 saturated heterocycles. The lowest BCUT2D eigenvalue weighted by Crippen LogP contribution is -2.10. The smallest absolute Gasteiger partial charge is 0.0782 e. The summed E-state index contributed by atoms with van der Waals surface area (Å²) in [6.45, 7) is 3.71. The van der Waals surface area contributed by atoms with E-state index in [1.54, 1.807) is 13.0 Å². The molecule has 0 spiro atoms. The molecule has 5 heteroatoms. The van der Waals surface area contributed by atoms with Gasteiger partial charge in [-0.25, -0.2) is 0 Å². The van der Waals surface area contributed by atoms with E-state index >= 15 is 0 Å². The maximum atomic E-state index is 9.82. The number of hydrogen-bond donors (Lipinski definition) is 2. The molecule has 2 nitrogen and oxygen atoms in total. The molecule has 0 radical (unpaired) electrons. The minimum Gasteiger partial charge on any atom is -0.389 e.